The van der Waals surface area contributed by atoms with Crippen molar-refractivity contribution >= 4 is 24.0 Å². The molecule has 15 heteroatoms. The smallest absolute Gasteiger partial charge is 0.407 e. The van der Waals surface area contributed by atoms with Crippen LogP contribution in [-0.4, -0.2) is 103 Å². The molecule has 1 unspecified atom stereocenters. The molecule has 2 aliphatic rings. The first-order chi connectivity index (χ1) is 26.3. The predicted octanol–water partition coefficient (Wildman–Crippen LogP) is 6.61. The first-order valence-corrected chi connectivity index (χ1v) is 18.7. The number of nitrogens with zero attached hydrogens (tertiary/aromatic N) is 5. The Kier molecular flexibility index (Phi) is 11.6. The van der Waals surface area contributed by atoms with Gasteiger partial charge in [-0.2, -0.15) is 0 Å². The van der Waals surface area contributed by atoms with E-state index in [1.807, 2.05) is 58.0 Å². The summed E-state index contributed by atoms with van der Waals surface area (Å²) in [7, 11) is 2.68. The Hall–Kier alpha value is -5.73. The van der Waals surface area contributed by atoms with Gasteiger partial charge in [0.15, 0.2) is 0 Å². The first-order valence-electron chi connectivity index (χ1n) is 18.7. The molecule has 0 spiro atoms. The van der Waals surface area contributed by atoms with Crippen LogP contribution in [0.3, 0.4) is 0 Å². The normalized spacial score (nSPS) is 18.1. The van der Waals surface area contributed by atoms with Gasteiger partial charge in [-0.15, -0.1) is 0 Å². The predicted molar refractivity (Wildman–Crippen MR) is 203 cm³/mol. The maximum absolute atomic E-state index is 15.7. The number of imidazole rings is 2. The van der Waals surface area contributed by atoms with E-state index in [0.717, 1.165) is 34.6 Å². The summed E-state index contributed by atoms with van der Waals surface area (Å²) < 4.78 is 20.4. The van der Waals surface area contributed by atoms with Crippen molar-refractivity contribution in [3.05, 3.63) is 72.3 Å². The van der Waals surface area contributed by atoms with Gasteiger partial charge in [0, 0.05) is 25.7 Å². The van der Waals surface area contributed by atoms with Crippen molar-refractivity contribution in [1.29, 1.82) is 0 Å². The lowest BCUT2D eigenvalue weighted by Crippen LogP contribution is -2.51. The highest BCUT2D eigenvalue weighted by molar-refractivity contribution is 5.87. The van der Waals surface area contributed by atoms with Crippen LogP contribution in [0.5, 0.6) is 0 Å². The average molecular weight is 757 g/mol. The van der Waals surface area contributed by atoms with Gasteiger partial charge < -0.3 is 34.9 Å². The topological polar surface area (TPSA) is 177 Å². The molecule has 2 saturated heterocycles. The number of carbonyl (C=O) groups excluding carboxylic acids is 3. The second-order valence-electron chi connectivity index (χ2n) is 15.0. The number of nitrogens with one attached hydrogen (secondary N) is 3. The number of aromatic nitrogens is 4. The third-order valence-electron chi connectivity index (χ3n) is 10.7. The fourth-order valence-corrected chi connectivity index (χ4v) is 7.75. The second kappa shape index (κ2) is 16.3. The van der Waals surface area contributed by atoms with E-state index in [0.29, 0.717) is 54.4 Å². The Morgan fingerprint density at radius 2 is 1.38 bits per heavy atom. The Morgan fingerprint density at radius 3 is 1.93 bits per heavy atom. The van der Waals surface area contributed by atoms with Crippen molar-refractivity contribution in [2.45, 2.75) is 77.5 Å². The van der Waals surface area contributed by atoms with E-state index in [4.69, 9.17) is 4.74 Å². The van der Waals surface area contributed by atoms with E-state index in [1.54, 1.807) is 28.3 Å². The molecule has 4 heterocycles. The molecule has 14 nitrogen and oxygen atoms in total. The van der Waals surface area contributed by atoms with Crippen molar-refractivity contribution in [1.82, 2.24) is 40.0 Å². The zero-order valence-electron chi connectivity index (χ0n) is 32.0. The highest BCUT2D eigenvalue weighted by atomic mass is 19.1. The zero-order valence-corrected chi connectivity index (χ0v) is 32.0. The molecule has 4 aromatic rings. The van der Waals surface area contributed by atoms with Crippen molar-refractivity contribution in [3.63, 3.8) is 0 Å². The highest BCUT2D eigenvalue weighted by Gasteiger charge is 2.40. The van der Waals surface area contributed by atoms with Gasteiger partial charge in [-0.3, -0.25) is 14.5 Å². The van der Waals surface area contributed by atoms with Crippen LogP contribution in [0, 0.1) is 17.7 Å². The number of carboxylic acid groups (broad SMARTS) is 1. The molecule has 2 aliphatic heterocycles. The number of halogens is 1. The number of carbonyl (C=O) groups is 4. The monoisotopic (exact) mass is 756 g/mol. The first kappa shape index (κ1) is 39.0. The van der Waals surface area contributed by atoms with Gasteiger partial charge >= 0.3 is 12.2 Å². The van der Waals surface area contributed by atoms with Crippen LogP contribution in [0.25, 0.3) is 33.6 Å². The molecule has 292 valence electrons. The molecular formula is C40H49FN8O6. The van der Waals surface area contributed by atoms with Crippen molar-refractivity contribution in [2.24, 2.45) is 11.8 Å². The minimum absolute atomic E-state index is 0.159. The van der Waals surface area contributed by atoms with E-state index < -0.39 is 30.1 Å². The number of methoxy groups -OCH3 is 1. The number of likely N-dealkylation sites (tertiary alicyclic amines) is 2. The fourth-order valence-electron chi connectivity index (χ4n) is 7.75. The summed E-state index contributed by atoms with van der Waals surface area (Å²) in [5, 5.41) is 12.2. The number of H-pyrrole nitrogens is 2. The van der Waals surface area contributed by atoms with Crippen LogP contribution in [0.2, 0.25) is 0 Å². The number of aromatic amines is 2. The van der Waals surface area contributed by atoms with Gasteiger partial charge in [0.05, 0.1) is 43.0 Å². The minimum atomic E-state index is -1.15. The van der Waals surface area contributed by atoms with E-state index in [2.05, 4.69) is 25.3 Å². The van der Waals surface area contributed by atoms with Gasteiger partial charge in [-0.05, 0) is 66.3 Å². The Bertz CT molecular complexity index is 2030. The fraction of sp³-hybridized carbons (Fsp3) is 0.450. The van der Waals surface area contributed by atoms with Gasteiger partial charge in [-0.1, -0.05) is 58.0 Å². The highest BCUT2D eigenvalue weighted by Crippen LogP contribution is 2.36. The van der Waals surface area contributed by atoms with Gasteiger partial charge in [0.2, 0.25) is 11.8 Å². The molecule has 2 aromatic carbocycles. The third kappa shape index (κ3) is 8.05. The SMILES string of the molecule is COC(=O)N[C@H](C(=O)N1CCCC1c1ncc(-c2ccc(-c3ccc(-c4cnc([C@@H]5CCCN5C(=O)[C@H](C(C)C)N(C)C(=O)O)[nH]4)cc3)cc2F)[nH]1)C(C)C. The van der Waals surface area contributed by atoms with Crippen LogP contribution >= 0.6 is 0 Å². The largest absolute Gasteiger partial charge is 0.465 e. The summed E-state index contributed by atoms with van der Waals surface area (Å²) in [4.78, 5) is 71.0. The van der Waals surface area contributed by atoms with Gasteiger partial charge in [0.1, 0.15) is 29.5 Å². The number of hydrogen-bond donors (Lipinski definition) is 4. The quantitative estimate of drug-likeness (QED) is 0.132. The molecule has 55 heavy (non-hydrogen) atoms. The van der Waals surface area contributed by atoms with E-state index in [9.17, 15) is 24.3 Å². The summed E-state index contributed by atoms with van der Waals surface area (Å²) >= 11 is 0. The van der Waals surface area contributed by atoms with Crippen LogP contribution in [-0.2, 0) is 14.3 Å². The number of likely N-dealkylation sites (N-methyl/N-ethyl adjacent to an activating group) is 1. The van der Waals surface area contributed by atoms with Crippen molar-refractivity contribution in [2.75, 3.05) is 27.2 Å². The molecular weight excluding hydrogens is 707 g/mol. The lowest BCUT2D eigenvalue weighted by Gasteiger charge is -2.33. The lowest BCUT2D eigenvalue weighted by atomic mass is 10.0. The summed E-state index contributed by atoms with van der Waals surface area (Å²) in [5.41, 5.74) is 3.98. The maximum atomic E-state index is 15.7. The molecule has 2 aromatic heterocycles. The molecule has 0 radical (unpaired) electrons. The van der Waals surface area contributed by atoms with Crippen LogP contribution in [0.1, 0.15) is 77.1 Å². The summed E-state index contributed by atoms with van der Waals surface area (Å²) in [6.07, 6.45) is 4.45. The van der Waals surface area contributed by atoms with E-state index in [-0.39, 0.29) is 35.7 Å². The molecule has 4 atom stereocenters. The minimum Gasteiger partial charge on any atom is -0.465 e. The third-order valence-corrected chi connectivity index (χ3v) is 10.7. The number of alkyl carbamates (subject to hydrolysis) is 1. The van der Waals surface area contributed by atoms with Gasteiger partial charge in [-0.25, -0.2) is 23.9 Å². The van der Waals surface area contributed by atoms with Crippen molar-refractivity contribution in [3.8, 4) is 33.6 Å². The lowest BCUT2D eigenvalue weighted by molar-refractivity contribution is -0.138. The number of benzene rings is 2. The summed E-state index contributed by atoms with van der Waals surface area (Å²) in [6, 6.07) is 10.5. The zero-order chi connectivity index (χ0) is 39.6. The molecule has 2 fully saturated rings. The molecule has 0 saturated carbocycles. The molecule has 0 aliphatic carbocycles. The molecule has 6 rings (SSSR count). The summed E-state index contributed by atoms with van der Waals surface area (Å²) in [6.45, 7) is 8.44. The van der Waals surface area contributed by atoms with Crippen LogP contribution < -0.4 is 5.32 Å². The summed E-state index contributed by atoms with van der Waals surface area (Å²) in [5.74, 6) is -0.0274. The van der Waals surface area contributed by atoms with E-state index >= 15 is 4.39 Å². The number of hydrogen-bond acceptors (Lipinski definition) is 7. The average Bonchev–Trinajstić information content (AvgIpc) is 4.00. The second-order valence-corrected chi connectivity index (χ2v) is 15.0. The standard InChI is InChI=1S/C40H49FN8O6/c1-22(2)33(46-39(52)55-6)37(50)48-17-7-9-31(48)36-43-21-30(45-36)27-16-15-26(19-28(27)41)24-11-13-25(14-12-24)29-20-42-35(44-29)32-10-8-18-49(32)38(51)34(23(3)4)47(5)40(53)54/h11-16,19-23,31-34H,7-10,17-18H2,1-6H3,(H,42,44)(H,43,45)(H,46,52)(H,53,54)/t31?,32-,33-,34-/m0/s1. The van der Waals surface area contributed by atoms with E-state index in [1.165, 1.54) is 20.2 Å². The molecule has 4 N–H and O–H groups in total. The van der Waals surface area contributed by atoms with Gasteiger partial charge in [0.25, 0.3) is 0 Å². The van der Waals surface area contributed by atoms with Crippen LogP contribution in [0.15, 0.2) is 54.9 Å². The molecule has 4 amide bonds. The van der Waals surface area contributed by atoms with Crippen LogP contribution in [0.4, 0.5) is 14.0 Å². The molecule has 0 bridgehead atoms. The Labute approximate surface area is 319 Å². The Balaban J connectivity index is 1.14. The van der Waals surface area contributed by atoms with Crippen molar-refractivity contribution < 1.29 is 33.4 Å². The number of rotatable bonds is 11. The number of amides is 4. The maximum Gasteiger partial charge on any atom is 0.407 e. The number of ether oxygens (including phenoxy) is 1. The Morgan fingerprint density at radius 1 is 0.836 bits per heavy atom.